The van der Waals surface area contributed by atoms with Crippen LogP contribution in [-0.2, 0) is 16.1 Å². The first-order chi connectivity index (χ1) is 14.6. The normalized spacial score (nSPS) is 20.5. The van der Waals surface area contributed by atoms with E-state index in [1.807, 2.05) is 60.4 Å². The van der Waals surface area contributed by atoms with Gasteiger partial charge in [-0.15, -0.1) is 0 Å². The van der Waals surface area contributed by atoms with Crippen LogP contribution in [-0.4, -0.2) is 41.3 Å². The smallest absolute Gasteiger partial charge is 0.250 e. The molecule has 5 heteroatoms. The van der Waals surface area contributed by atoms with E-state index in [2.05, 4.69) is 0 Å². The highest BCUT2D eigenvalue weighted by atomic mass is 16.5. The second-order valence-corrected chi connectivity index (χ2v) is 8.44. The van der Waals surface area contributed by atoms with E-state index in [-0.39, 0.29) is 24.4 Å². The van der Waals surface area contributed by atoms with Crippen molar-refractivity contribution in [3.8, 4) is 5.75 Å². The van der Waals surface area contributed by atoms with E-state index in [9.17, 15) is 9.59 Å². The number of ether oxygens (including phenoxy) is 1. The summed E-state index contributed by atoms with van der Waals surface area (Å²) in [6.07, 6.45) is 5.44. The number of piperazine rings is 1. The number of rotatable bonds is 5. The van der Waals surface area contributed by atoms with Gasteiger partial charge in [-0.1, -0.05) is 61.2 Å². The van der Waals surface area contributed by atoms with Crippen molar-refractivity contribution in [1.82, 2.24) is 9.80 Å². The van der Waals surface area contributed by atoms with E-state index in [0.717, 1.165) is 36.8 Å². The topological polar surface area (TPSA) is 49.9 Å². The summed E-state index contributed by atoms with van der Waals surface area (Å²) >= 11 is 0. The second kappa shape index (κ2) is 8.90. The Kier molecular flexibility index (Phi) is 6.07. The zero-order valence-corrected chi connectivity index (χ0v) is 17.8. The van der Waals surface area contributed by atoms with Gasteiger partial charge in [0, 0.05) is 12.6 Å². The van der Waals surface area contributed by atoms with Crippen molar-refractivity contribution < 1.29 is 14.3 Å². The number of nitrogens with zero attached hydrogens (tertiary/aromatic N) is 2. The molecule has 1 heterocycles. The number of aryl methyl sites for hydroxylation is 1. The van der Waals surface area contributed by atoms with E-state index < -0.39 is 6.04 Å². The molecule has 158 valence electrons. The van der Waals surface area contributed by atoms with Gasteiger partial charge in [0.15, 0.2) is 0 Å². The number of amides is 2. The van der Waals surface area contributed by atoms with E-state index in [0.29, 0.717) is 12.3 Å². The Hall–Kier alpha value is -2.82. The van der Waals surface area contributed by atoms with Crippen molar-refractivity contribution in [2.24, 2.45) is 0 Å². The maximum absolute atomic E-state index is 13.7. The molecule has 2 amide bonds. The lowest BCUT2D eigenvalue weighted by Gasteiger charge is -2.44. The molecule has 0 radical (unpaired) electrons. The minimum Gasteiger partial charge on any atom is -0.497 e. The fraction of sp³-hybridized carbons (Fsp3) is 0.440. The van der Waals surface area contributed by atoms with Crippen molar-refractivity contribution in [3.05, 3.63) is 65.2 Å². The molecule has 2 aromatic carbocycles. The molecule has 0 bridgehead atoms. The lowest BCUT2D eigenvalue weighted by atomic mass is 9.91. The molecule has 1 aliphatic carbocycles. The Morgan fingerprint density at radius 3 is 2.43 bits per heavy atom. The minimum atomic E-state index is -0.621. The van der Waals surface area contributed by atoms with Crippen LogP contribution in [0.3, 0.4) is 0 Å². The summed E-state index contributed by atoms with van der Waals surface area (Å²) in [6.45, 7) is 2.64. The van der Waals surface area contributed by atoms with E-state index in [1.54, 1.807) is 12.0 Å². The molecule has 2 aromatic rings. The third-order valence-electron chi connectivity index (χ3n) is 6.35. The highest BCUT2D eigenvalue weighted by Crippen LogP contribution is 2.34. The second-order valence-electron chi connectivity index (χ2n) is 8.44. The van der Waals surface area contributed by atoms with Gasteiger partial charge in [-0.25, -0.2) is 0 Å². The lowest BCUT2D eigenvalue weighted by molar-refractivity contribution is -0.160. The molecule has 0 N–H and O–H groups in total. The van der Waals surface area contributed by atoms with Crippen LogP contribution in [0.4, 0.5) is 0 Å². The Morgan fingerprint density at radius 1 is 1.00 bits per heavy atom. The van der Waals surface area contributed by atoms with E-state index >= 15 is 0 Å². The van der Waals surface area contributed by atoms with Gasteiger partial charge in [0.2, 0.25) is 5.91 Å². The molecule has 5 nitrogen and oxygen atoms in total. The zero-order valence-electron chi connectivity index (χ0n) is 17.8. The first kappa shape index (κ1) is 20.5. The molecule has 2 aliphatic rings. The van der Waals surface area contributed by atoms with Crippen LogP contribution in [0, 0.1) is 6.92 Å². The minimum absolute atomic E-state index is 0.00793. The van der Waals surface area contributed by atoms with Crippen LogP contribution in [0.2, 0.25) is 0 Å². The van der Waals surface area contributed by atoms with Crippen molar-refractivity contribution in [2.75, 3.05) is 13.7 Å². The SMILES string of the molecule is COc1cccc(C2C(=O)N(C3CCCCC3)CC(=O)N2Cc2ccc(C)cc2)c1. The third kappa shape index (κ3) is 4.20. The van der Waals surface area contributed by atoms with Gasteiger partial charge < -0.3 is 14.5 Å². The van der Waals surface area contributed by atoms with Gasteiger partial charge in [-0.3, -0.25) is 9.59 Å². The summed E-state index contributed by atoms with van der Waals surface area (Å²) in [5.41, 5.74) is 3.01. The van der Waals surface area contributed by atoms with Gasteiger partial charge >= 0.3 is 0 Å². The quantitative estimate of drug-likeness (QED) is 0.746. The number of benzene rings is 2. The number of carbonyl (C=O) groups is 2. The highest BCUT2D eigenvalue weighted by molar-refractivity contribution is 5.95. The molecule has 1 aliphatic heterocycles. The van der Waals surface area contributed by atoms with Crippen molar-refractivity contribution >= 4 is 11.8 Å². The average Bonchev–Trinajstić information content (AvgIpc) is 2.78. The van der Waals surface area contributed by atoms with Crippen LogP contribution >= 0.6 is 0 Å². The summed E-state index contributed by atoms with van der Waals surface area (Å²) in [5.74, 6) is 0.730. The van der Waals surface area contributed by atoms with Crippen LogP contribution in [0.5, 0.6) is 5.75 Å². The molecular weight excluding hydrogens is 376 g/mol. The fourth-order valence-corrected chi connectivity index (χ4v) is 4.65. The Bertz CT molecular complexity index is 903. The standard InChI is InChI=1S/C25H30N2O3/c1-18-11-13-19(14-12-18)16-27-23(28)17-26(21-8-4-3-5-9-21)25(29)24(27)20-7-6-10-22(15-20)30-2/h6-7,10-15,21,24H,3-5,8-9,16-17H2,1-2H3. The van der Waals surface area contributed by atoms with E-state index in [4.69, 9.17) is 4.74 Å². The number of hydrogen-bond donors (Lipinski definition) is 0. The largest absolute Gasteiger partial charge is 0.497 e. The molecule has 0 aromatic heterocycles. The summed E-state index contributed by atoms with van der Waals surface area (Å²) in [7, 11) is 1.62. The van der Waals surface area contributed by atoms with Gasteiger partial charge in [0.05, 0.1) is 7.11 Å². The molecule has 2 fully saturated rings. The Morgan fingerprint density at radius 2 is 1.73 bits per heavy atom. The predicted octanol–water partition coefficient (Wildman–Crippen LogP) is 4.25. The maximum Gasteiger partial charge on any atom is 0.250 e. The molecule has 1 atom stereocenters. The molecular formula is C25H30N2O3. The summed E-state index contributed by atoms with van der Waals surface area (Å²) in [6, 6.07) is 15.2. The van der Waals surface area contributed by atoms with Gasteiger partial charge in [0.25, 0.3) is 5.91 Å². The number of methoxy groups -OCH3 is 1. The molecule has 1 saturated heterocycles. The Labute approximate surface area is 178 Å². The number of carbonyl (C=O) groups excluding carboxylic acids is 2. The molecule has 1 unspecified atom stereocenters. The predicted molar refractivity (Wildman–Crippen MR) is 116 cm³/mol. The van der Waals surface area contributed by atoms with Crippen molar-refractivity contribution in [1.29, 1.82) is 0 Å². The molecule has 0 spiro atoms. The third-order valence-corrected chi connectivity index (χ3v) is 6.35. The van der Waals surface area contributed by atoms with Crippen LogP contribution < -0.4 is 4.74 Å². The van der Waals surface area contributed by atoms with Crippen LogP contribution in [0.15, 0.2) is 48.5 Å². The first-order valence-electron chi connectivity index (χ1n) is 10.9. The lowest BCUT2D eigenvalue weighted by Crippen LogP contribution is -2.58. The Balaban J connectivity index is 1.68. The summed E-state index contributed by atoms with van der Waals surface area (Å²) in [4.78, 5) is 30.6. The highest BCUT2D eigenvalue weighted by Gasteiger charge is 2.43. The molecule has 4 rings (SSSR count). The summed E-state index contributed by atoms with van der Waals surface area (Å²) in [5, 5.41) is 0. The summed E-state index contributed by atoms with van der Waals surface area (Å²) < 4.78 is 5.39. The fourth-order valence-electron chi connectivity index (χ4n) is 4.65. The average molecular weight is 407 g/mol. The number of hydrogen-bond acceptors (Lipinski definition) is 3. The van der Waals surface area contributed by atoms with Crippen molar-refractivity contribution in [3.63, 3.8) is 0 Å². The van der Waals surface area contributed by atoms with E-state index in [1.165, 1.54) is 12.0 Å². The molecule has 30 heavy (non-hydrogen) atoms. The maximum atomic E-state index is 13.7. The van der Waals surface area contributed by atoms with Gasteiger partial charge in [-0.05, 0) is 43.0 Å². The van der Waals surface area contributed by atoms with Crippen LogP contribution in [0.25, 0.3) is 0 Å². The zero-order chi connectivity index (χ0) is 21.1. The van der Waals surface area contributed by atoms with Crippen LogP contribution in [0.1, 0.15) is 54.8 Å². The monoisotopic (exact) mass is 406 g/mol. The van der Waals surface area contributed by atoms with Gasteiger partial charge in [0.1, 0.15) is 18.3 Å². The molecule has 1 saturated carbocycles. The van der Waals surface area contributed by atoms with Crippen molar-refractivity contribution in [2.45, 2.75) is 57.7 Å². The van der Waals surface area contributed by atoms with Gasteiger partial charge in [-0.2, -0.15) is 0 Å². The first-order valence-corrected chi connectivity index (χ1v) is 10.9.